The predicted octanol–water partition coefficient (Wildman–Crippen LogP) is 0.491. The molecule has 0 aliphatic carbocycles. The minimum atomic E-state index is -0.540. The summed E-state index contributed by atoms with van der Waals surface area (Å²) in [6.07, 6.45) is 1.16. The zero-order chi connectivity index (χ0) is 13.8. The molecule has 2 aromatic rings. The summed E-state index contributed by atoms with van der Waals surface area (Å²) in [5.74, 6) is 0.325. The molecule has 2 aromatic heterocycles. The fourth-order valence-electron chi connectivity index (χ4n) is 1.20. The second-order valence-electron chi connectivity index (χ2n) is 3.36. The Labute approximate surface area is 111 Å². The van der Waals surface area contributed by atoms with Crippen LogP contribution in [-0.2, 0) is 7.05 Å². The Hall–Kier alpha value is -2.30. The first-order valence-corrected chi connectivity index (χ1v) is 6.09. The number of nitrogens with zero attached hydrogens (tertiary/aromatic N) is 7. The third-order valence-corrected chi connectivity index (χ3v) is 3.06. The zero-order valence-electron chi connectivity index (χ0n) is 10.1. The highest BCUT2D eigenvalue weighted by Crippen LogP contribution is 2.31. The molecule has 2 heterocycles. The average Bonchev–Trinajstić information content (AvgIpc) is 2.75. The Balaban J connectivity index is 2.37. The molecule has 0 aromatic carbocycles. The molecule has 0 atom stereocenters. The van der Waals surface area contributed by atoms with Crippen LogP contribution in [0.25, 0.3) is 0 Å². The Bertz CT molecular complexity index is 600. The normalized spacial score (nSPS) is 10.4. The van der Waals surface area contributed by atoms with Crippen molar-refractivity contribution in [3.63, 3.8) is 0 Å². The highest BCUT2D eigenvalue weighted by atomic mass is 32.2. The van der Waals surface area contributed by atoms with Gasteiger partial charge in [-0.2, -0.15) is 4.98 Å². The number of aryl methyl sites for hydroxylation is 1. The lowest BCUT2D eigenvalue weighted by molar-refractivity contribution is -0.388. The van der Waals surface area contributed by atoms with Crippen molar-refractivity contribution in [2.45, 2.75) is 17.1 Å². The molecule has 2 rings (SSSR count). The van der Waals surface area contributed by atoms with E-state index in [1.54, 1.807) is 7.05 Å². The molecular weight excluding hydrogens is 272 g/mol. The Morgan fingerprint density at radius 3 is 2.95 bits per heavy atom. The fraction of sp³-hybridized carbons (Fsp3) is 0.375. The maximum atomic E-state index is 10.9. The van der Waals surface area contributed by atoms with Gasteiger partial charge in [0.25, 0.3) is 0 Å². The minimum absolute atomic E-state index is 0.186. The van der Waals surface area contributed by atoms with Crippen LogP contribution in [0.2, 0.25) is 0 Å². The van der Waals surface area contributed by atoms with E-state index < -0.39 is 4.92 Å². The van der Waals surface area contributed by atoms with Gasteiger partial charge in [0.2, 0.25) is 11.1 Å². The van der Waals surface area contributed by atoms with Crippen LogP contribution >= 0.6 is 11.8 Å². The standard InChI is InChI=1S/C8H10N8O2S/c1-3-9-7-10-4-5(16(17)18)6(11-7)19-8-12-13-14-15(8)2/h4H,3H2,1-2H3,(H,9,10,11). The van der Waals surface area contributed by atoms with Gasteiger partial charge in [-0.1, -0.05) is 0 Å². The zero-order valence-corrected chi connectivity index (χ0v) is 11.0. The molecule has 1 N–H and O–H groups in total. The number of aromatic nitrogens is 6. The average molecular weight is 282 g/mol. The number of hydrogen-bond acceptors (Lipinski definition) is 9. The monoisotopic (exact) mass is 282 g/mol. The van der Waals surface area contributed by atoms with E-state index in [0.717, 1.165) is 18.0 Å². The van der Waals surface area contributed by atoms with Crippen molar-refractivity contribution in [3.05, 3.63) is 16.3 Å². The number of nitro groups is 1. The molecule has 0 fully saturated rings. The van der Waals surface area contributed by atoms with Gasteiger partial charge in [-0.15, -0.1) is 5.10 Å². The maximum Gasteiger partial charge on any atom is 0.320 e. The van der Waals surface area contributed by atoms with E-state index in [1.165, 1.54) is 4.68 Å². The lowest BCUT2D eigenvalue weighted by Gasteiger charge is -2.04. The van der Waals surface area contributed by atoms with E-state index in [1.807, 2.05) is 6.92 Å². The van der Waals surface area contributed by atoms with E-state index in [9.17, 15) is 10.1 Å². The summed E-state index contributed by atoms with van der Waals surface area (Å²) in [6.45, 7) is 2.50. The van der Waals surface area contributed by atoms with Gasteiger partial charge in [0.15, 0.2) is 5.03 Å². The fourth-order valence-corrected chi connectivity index (χ4v) is 1.98. The molecule has 100 valence electrons. The van der Waals surface area contributed by atoms with Crippen molar-refractivity contribution < 1.29 is 4.92 Å². The number of anilines is 1. The molecule has 0 aliphatic rings. The molecule has 0 radical (unpaired) electrons. The van der Waals surface area contributed by atoms with E-state index in [-0.39, 0.29) is 10.7 Å². The van der Waals surface area contributed by atoms with Gasteiger partial charge in [0, 0.05) is 13.6 Å². The largest absolute Gasteiger partial charge is 0.354 e. The van der Waals surface area contributed by atoms with Crippen LogP contribution in [0.1, 0.15) is 6.92 Å². The van der Waals surface area contributed by atoms with Crippen molar-refractivity contribution in [2.75, 3.05) is 11.9 Å². The van der Waals surface area contributed by atoms with Crippen molar-refractivity contribution >= 4 is 23.4 Å². The Kier molecular flexibility index (Phi) is 3.85. The molecule has 11 heteroatoms. The van der Waals surface area contributed by atoms with Crippen LogP contribution < -0.4 is 5.32 Å². The summed E-state index contributed by atoms with van der Waals surface area (Å²) in [4.78, 5) is 18.4. The summed E-state index contributed by atoms with van der Waals surface area (Å²) in [5, 5.41) is 25.3. The molecule has 0 saturated carbocycles. The van der Waals surface area contributed by atoms with Crippen molar-refractivity contribution in [1.29, 1.82) is 0 Å². The SMILES string of the molecule is CCNc1ncc([N+](=O)[O-])c(Sc2nnnn2C)n1. The van der Waals surface area contributed by atoms with E-state index >= 15 is 0 Å². The lowest BCUT2D eigenvalue weighted by Crippen LogP contribution is -2.05. The van der Waals surface area contributed by atoms with Gasteiger partial charge in [-0.3, -0.25) is 10.1 Å². The quantitative estimate of drug-likeness (QED) is 0.473. The van der Waals surface area contributed by atoms with Crippen molar-refractivity contribution in [2.24, 2.45) is 7.05 Å². The van der Waals surface area contributed by atoms with Crippen LogP contribution in [0.5, 0.6) is 0 Å². The number of nitrogens with one attached hydrogen (secondary N) is 1. The van der Waals surface area contributed by atoms with Gasteiger partial charge < -0.3 is 5.32 Å². The van der Waals surface area contributed by atoms with Crippen LogP contribution in [0.15, 0.2) is 16.4 Å². The van der Waals surface area contributed by atoms with E-state index in [2.05, 4.69) is 30.8 Å². The summed E-state index contributed by atoms with van der Waals surface area (Å²) in [6, 6.07) is 0. The summed E-state index contributed by atoms with van der Waals surface area (Å²) >= 11 is 1.01. The Morgan fingerprint density at radius 2 is 2.37 bits per heavy atom. The molecule has 0 saturated heterocycles. The molecule has 0 spiro atoms. The van der Waals surface area contributed by atoms with Gasteiger partial charge in [-0.05, 0) is 29.1 Å². The van der Waals surface area contributed by atoms with Gasteiger partial charge in [-0.25, -0.2) is 9.67 Å². The highest BCUT2D eigenvalue weighted by molar-refractivity contribution is 7.99. The molecule has 10 nitrogen and oxygen atoms in total. The number of rotatable bonds is 5. The molecule has 0 bridgehead atoms. The molecular formula is C8H10N8O2S. The van der Waals surface area contributed by atoms with Crippen LogP contribution in [0.4, 0.5) is 11.6 Å². The second-order valence-corrected chi connectivity index (χ2v) is 4.31. The highest BCUT2D eigenvalue weighted by Gasteiger charge is 2.20. The van der Waals surface area contributed by atoms with Gasteiger partial charge in [0.05, 0.1) is 4.92 Å². The third kappa shape index (κ3) is 2.93. The van der Waals surface area contributed by atoms with Crippen LogP contribution in [0, 0.1) is 10.1 Å². The maximum absolute atomic E-state index is 10.9. The summed E-state index contributed by atoms with van der Waals surface area (Å²) < 4.78 is 1.41. The summed E-state index contributed by atoms with van der Waals surface area (Å²) in [5.41, 5.74) is -0.186. The minimum Gasteiger partial charge on any atom is -0.354 e. The molecule has 0 aliphatic heterocycles. The summed E-state index contributed by atoms with van der Waals surface area (Å²) in [7, 11) is 1.64. The van der Waals surface area contributed by atoms with Crippen LogP contribution in [-0.4, -0.2) is 41.6 Å². The Morgan fingerprint density at radius 1 is 1.58 bits per heavy atom. The van der Waals surface area contributed by atoms with Gasteiger partial charge in [0.1, 0.15) is 6.20 Å². The second kappa shape index (κ2) is 5.56. The number of tetrazole rings is 1. The first kappa shape index (κ1) is 13.1. The van der Waals surface area contributed by atoms with Crippen molar-refractivity contribution in [3.8, 4) is 0 Å². The van der Waals surface area contributed by atoms with E-state index in [0.29, 0.717) is 17.6 Å². The molecule has 0 unspecified atom stereocenters. The van der Waals surface area contributed by atoms with E-state index in [4.69, 9.17) is 0 Å². The number of hydrogen-bond donors (Lipinski definition) is 1. The van der Waals surface area contributed by atoms with Crippen molar-refractivity contribution in [1.82, 2.24) is 30.2 Å². The lowest BCUT2D eigenvalue weighted by atomic mass is 10.5. The first-order chi connectivity index (χ1) is 9.11. The molecule has 19 heavy (non-hydrogen) atoms. The molecule has 0 amide bonds. The smallest absolute Gasteiger partial charge is 0.320 e. The first-order valence-electron chi connectivity index (χ1n) is 5.27. The predicted molar refractivity (Wildman–Crippen MR) is 65.8 cm³/mol. The van der Waals surface area contributed by atoms with Gasteiger partial charge >= 0.3 is 5.69 Å². The topological polar surface area (TPSA) is 125 Å². The third-order valence-electron chi connectivity index (χ3n) is 2.04. The van der Waals surface area contributed by atoms with Crippen LogP contribution in [0.3, 0.4) is 0 Å².